The molecule has 17 heavy (non-hydrogen) atoms. The minimum Gasteiger partial charge on any atom is -0.496 e. The second-order valence-electron chi connectivity index (χ2n) is 3.63. The fraction of sp³-hybridized carbons (Fsp3) is 0.500. The molecule has 1 atom stereocenters. The summed E-state index contributed by atoms with van der Waals surface area (Å²) < 4.78 is 11.1. The Morgan fingerprint density at radius 3 is 2.71 bits per heavy atom. The van der Waals surface area contributed by atoms with Crippen molar-refractivity contribution >= 4 is 15.9 Å². The number of rotatable bonds is 7. The maximum absolute atomic E-state index is 5.76. The molecule has 3 N–H and O–H groups in total. The molecule has 1 rings (SSSR count). The van der Waals surface area contributed by atoms with E-state index in [1.165, 1.54) is 0 Å². The van der Waals surface area contributed by atoms with Crippen molar-refractivity contribution in [2.24, 2.45) is 5.73 Å². The van der Waals surface area contributed by atoms with Crippen molar-refractivity contribution in [3.8, 4) is 5.75 Å². The number of benzene rings is 1. The molecule has 0 amide bonds. The molecule has 96 valence electrons. The average molecular weight is 303 g/mol. The van der Waals surface area contributed by atoms with E-state index in [2.05, 4.69) is 21.2 Å². The molecule has 5 heteroatoms. The second-order valence-corrected chi connectivity index (χ2v) is 4.48. The molecule has 0 spiro atoms. The first-order valence-electron chi connectivity index (χ1n) is 5.48. The standard InChI is InChI=1S/C12H19BrN2O2/c1-16-6-5-15-11(8-14)9-3-4-12(17-2)10(13)7-9/h3-4,7,11,15H,5-6,8,14H2,1-2H3. The Balaban J connectivity index is 2.71. The molecule has 4 nitrogen and oxygen atoms in total. The van der Waals surface area contributed by atoms with Crippen LogP contribution in [-0.2, 0) is 4.74 Å². The molecule has 0 bridgehead atoms. The predicted molar refractivity (Wildman–Crippen MR) is 72.4 cm³/mol. The van der Waals surface area contributed by atoms with Crippen LogP contribution in [0.1, 0.15) is 11.6 Å². The lowest BCUT2D eigenvalue weighted by atomic mass is 10.1. The van der Waals surface area contributed by atoms with Gasteiger partial charge in [-0.3, -0.25) is 0 Å². The summed E-state index contributed by atoms with van der Waals surface area (Å²) in [5, 5.41) is 3.34. The van der Waals surface area contributed by atoms with Crippen LogP contribution in [0.15, 0.2) is 22.7 Å². The van der Waals surface area contributed by atoms with Crippen molar-refractivity contribution < 1.29 is 9.47 Å². The monoisotopic (exact) mass is 302 g/mol. The molecule has 1 aromatic rings. The van der Waals surface area contributed by atoms with Gasteiger partial charge in [-0.15, -0.1) is 0 Å². The Labute approximate surface area is 111 Å². The minimum absolute atomic E-state index is 0.132. The van der Waals surface area contributed by atoms with Crippen LogP contribution in [0.5, 0.6) is 5.75 Å². The molecule has 0 aromatic heterocycles. The van der Waals surface area contributed by atoms with E-state index in [0.29, 0.717) is 13.2 Å². The van der Waals surface area contributed by atoms with Crippen LogP contribution in [0, 0.1) is 0 Å². The molecule has 0 heterocycles. The molecule has 0 saturated heterocycles. The summed E-state index contributed by atoms with van der Waals surface area (Å²) >= 11 is 3.47. The largest absolute Gasteiger partial charge is 0.496 e. The number of ether oxygens (including phenoxy) is 2. The average Bonchev–Trinajstić information content (AvgIpc) is 2.35. The van der Waals surface area contributed by atoms with Crippen molar-refractivity contribution in [1.29, 1.82) is 0 Å². The first-order valence-corrected chi connectivity index (χ1v) is 6.28. The number of hydrogen-bond acceptors (Lipinski definition) is 4. The highest BCUT2D eigenvalue weighted by Gasteiger charge is 2.10. The van der Waals surface area contributed by atoms with E-state index in [1.807, 2.05) is 18.2 Å². The molecule has 1 aromatic carbocycles. The predicted octanol–water partition coefficient (Wildman–Crippen LogP) is 1.69. The van der Waals surface area contributed by atoms with Crippen LogP contribution >= 0.6 is 15.9 Å². The van der Waals surface area contributed by atoms with Crippen LogP contribution < -0.4 is 15.8 Å². The zero-order valence-corrected chi connectivity index (χ0v) is 11.8. The third-order valence-electron chi connectivity index (χ3n) is 2.51. The summed E-state index contributed by atoms with van der Waals surface area (Å²) in [4.78, 5) is 0. The van der Waals surface area contributed by atoms with Gasteiger partial charge in [-0.1, -0.05) is 6.07 Å². The van der Waals surface area contributed by atoms with Gasteiger partial charge in [0, 0.05) is 26.2 Å². The van der Waals surface area contributed by atoms with Gasteiger partial charge < -0.3 is 20.5 Å². The molecule has 0 aliphatic heterocycles. The van der Waals surface area contributed by atoms with Gasteiger partial charge in [0.25, 0.3) is 0 Å². The van der Waals surface area contributed by atoms with Gasteiger partial charge in [-0.2, -0.15) is 0 Å². The molecule has 1 unspecified atom stereocenters. The lowest BCUT2D eigenvalue weighted by molar-refractivity contribution is 0.196. The van der Waals surface area contributed by atoms with Crippen LogP contribution in [0.2, 0.25) is 0 Å². The molecule has 0 fully saturated rings. The number of methoxy groups -OCH3 is 2. The van der Waals surface area contributed by atoms with E-state index >= 15 is 0 Å². The van der Waals surface area contributed by atoms with Gasteiger partial charge in [0.2, 0.25) is 0 Å². The van der Waals surface area contributed by atoms with Crippen molar-refractivity contribution in [3.63, 3.8) is 0 Å². The van der Waals surface area contributed by atoms with E-state index in [1.54, 1.807) is 14.2 Å². The molecular formula is C12H19BrN2O2. The van der Waals surface area contributed by atoms with Gasteiger partial charge in [0.05, 0.1) is 18.2 Å². The van der Waals surface area contributed by atoms with Crippen molar-refractivity contribution in [2.45, 2.75) is 6.04 Å². The molecule has 0 aliphatic rings. The number of halogens is 1. The van der Waals surface area contributed by atoms with Gasteiger partial charge in [0.1, 0.15) is 5.75 Å². The second kappa shape index (κ2) is 7.66. The quantitative estimate of drug-likeness (QED) is 0.753. The highest BCUT2D eigenvalue weighted by atomic mass is 79.9. The third kappa shape index (κ3) is 4.27. The number of nitrogens with one attached hydrogen (secondary N) is 1. The summed E-state index contributed by atoms with van der Waals surface area (Å²) in [5.41, 5.74) is 6.89. The van der Waals surface area contributed by atoms with E-state index in [-0.39, 0.29) is 6.04 Å². The van der Waals surface area contributed by atoms with Crippen LogP contribution in [0.3, 0.4) is 0 Å². The van der Waals surface area contributed by atoms with Crippen molar-refractivity contribution in [1.82, 2.24) is 5.32 Å². The van der Waals surface area contributed by atoms with Crippen LogP contribution in [0.4, 0.5) is 0 Å². The Bertz CT molecular complexity index is 347. The van der Waals surface area contributed by atoms with Crippen LogP contribution in [0.25, 0.3) is 0 Å². The smallest absolute Gasteiger partial charge is 0.133 e. The van der Waals surface area contributed by atoms with E-state index in [4.69, 9.17) is 15.2 Å². The Morgan fingerprint density at radius 1 is 1.41 bits per heavy atom. The highest BCUT2D eigenvalue weighted by Crippen LogP contribution is 2.27. The summed E-state index contributed by atoms with van der Waals surface area (Å²) in [5.74, 6) is 0.821. The fourth-order valence-corrected chi connectivity index (χ4v) is 2.13. The lowest BCUT2D eigenvalue weighted by Crippen LogP contribution is -2.30. The first-order chi connectivity index (χ1) is 8.22. The van der Waals surface area contributed by atoms with E-state index < -0.39 is 0 Å². The summed E-state index contributed by atoms with van der Waals surface area (Å²) in [7, 11) is 3.33. The third-order valence-corrected chi connectivity index (χ3v) is 3.13. The Hall–Kier alpha value is -0.620. The van der Waals surface area contributed by atoms with Crippen LogP contribution in [-0.4, -0.2) is 33.9 Å². The molecule has 0 radical (unpaired) electrons. The topological polar surface area (TPSA) is 56.5 Å². The normalized spacial score (nSPS) is 12.5. The van der Waals surface area contributed by atoms with E-state index in [0.717, 1.165) is 22.3 Å². The lowest BCUT2D eigenvalue weighted by Gasteiger charge is -2.18. The van der Waals surface area contributed by atoms with Gasteiger partial charge >= 0.3 is 0 Å². The zero-order valence-electron chi connectivity index (χ0n) is 10.2. The maximum atomic E-state index is 5.76. The SMILES string of the molecule is COCCNC(CN)c1ccc(OC)c(Br)c1. The van der Waals surface area contributed by atoms with Crippen molar-refractivity contribution in [2.75, 3.05) is 33.9 Å². The number of nitrogens with two attached hydrogens (primary N) is 1. The fourth-order valence-electron chi connectivity index (χ4n) is 1.57. The summed E-state index contributed by atoms with van der Waals surface area (Å²) in [6, 6.07) is 6.10. The number of hydrogen-bond donors (Lipinski definition) is 2. The first kappa shape index (κ1) is 14.4. The molecule has 0 aliphatic carbocycles. The van der Waals surface area contributed by atoms with Gasteiger partial charge in [-0.05, 0) is 33.6 Å². The van der Waals surface area contributed by atoms with Gasteiger partial charge in [0.15, 0.2) is 0 Å². The zero-order chi connectivity index (χ0) is 12.7. The highest BCUT2D eigenvalue weighted by molar-refractivity contribution is 9.10. The van der Waals surface area contributed by atoms with Crippen molar-refractivity contribution in [3.05, 3.63) is 28.2 Å². The molecule has 0 saturated carbocycles. The summed E-state index contributed by atoms with van der Waals surface area (Å²) in [6.45, 7) is 2.00. The maximum Gasteiger partial charge on any atom is 0.133 e. The Morgan fingerprint density at radius 2 is 2.18 bits per heavy atom. The van der Waals surface area contributed by atoms with E-state index in [9.17, 15) is 0 Å². The minimum atomic E-state index is 0.132. The Kier molecular flexibility index (Phi) is 6.50. The summed E-state index contributed by atoms with van der Waals surface area (Å²) in [6.07, 6.45) is 0. The molecular weight excluding hydrogens is 284 g/mol. The van der Waals surface area contributed by atoms with Gasteiger partial charge in [-0.25, -0.2) is 0 Å².